The molecule has 0 unspecified atom stereocenters. The van der Waals surface area contributed by atoms with Crippen LogP contribution in [0, 0.1) is 126 Å². The van der Waals surface area contributed by atoms with E-state index in [1.165, 1.54) is 28.5 Å². The summed E-state index contributed by atoms with van der Waals surface area (Å²) in [5.74, 6) is 2.89. The van der Waals surface area contributed by atoms with Gasteiger partial charge in [0.1, 0.15) is 0 Å². The van der Waals surface area contributed by atoms with Crippen LogP contribution in [0.1, 0.15) is 0 Å². The molecule has 136 valence electrons. The molecule has 4 aliphatic carbocycles. The Morgan fingerprint density at radius 2 is 0.821 bits per heavy atom. The Balaban J connectivity index is 0.000000169. The van der Waals surface area contributed by atoms with Gasteiger partial charge in [-0.25, -0.2) is 0 Å². The van der Waals surface area contributed by atoms with Crippen LogP contribution >= 0.6 is 7.92 Å². The minimum atomic E-state index is -0.298. The largest absolute Gasteiger partial charge is 2.00 e. The van der Waals surface area contributed by atoms with Crippen LogP contribution in [0.4, 0.5) is 0 Å². The third-order valence-corrected chi connectivity index (χ3v) is 7.04. The zero-order valence-electron chi connectivity index (χ0n) is 15.4. The van der Waals surface area contributed by atoms with Crippen molar-refractivity contribution in [2.45, 2.75) is 0 Å². The molecule has 1 saturated heterocycles. The van der Waals surface area contributed by atoms with Crippen LogP contribution in [-0.2, 0) is 17.1 Å². The van der Waals surface area contributed by atoms with Gasteiger partial charge in [-0.05, 0) is 120 Å². The second-order valence-corrected chi connectivity index (χ2v) is 8.40. The molecule has 5 aliphatic rings. The van der Waals surface area contributed by atoms with E-state index in [1.54, 1.807) is 0 Å². The summed E-state index contributed by atoms with van der Waals surface area (Å²) in [6.07, 6.45) is 33.4. The Labute approximate surface area is 186 Å². The summed E-state index contributed by atoms with van der Waals surface area (Å²) in [6.45, 7) is 0. The topological polar surface area (TPSA) is 0 Å². The molecule has 1 aliphatic heterocycles. The minimum absolute atomic E-state index is 0. The molecule has 1 aromatic rings. The molecular weight excluding hydrogens is 399 g/mol. The smallest absolute Gasteiger partial charge is 0.0622 e. The van der Waals surface area contributed by atoms with Crippen molar-refractivity contribution >= 4 is 13.2 Å². The van der Waals surface area contributed by atoms with Crippen molar-refractivity contribution in [3.8, 4) is 0 Å². The van der Waals surface area contributed by atoms with Crippen LogP contribution in [0.2, 0.25) is 0 Å². The Bertz CT molecular complexity index is 491. The van der Waals surface area contributed by atoms with Crippen LogP contribution in [0.15, 0.2) is 30.3 Å². The van der Waals surface area contributed by atoms with Gasteiger partial charge >= 0.3 is 17.1 Å². The maximum absolute atomic E-state index is 2.29. The summed E-state index contributed by atoms with van der Waals surface area (Å²) >= 11 is 0. The van der Waals surface area contributed by atoms with Crippen LogP contribution in [0.25, 0.3) is 0 Å². The van der Waals surface area contributed by atoms with Gasteiger partial charge in [-0.2, -0.15) is 0 Å². The molecule has 0 atom stereocenters. The van der Waals surface area contributed by atoms with Gasteiger partial charge in [0.15, 0.2) is 0 Å². The number of hydrogen-bond acceptors (Lipinski definition) is 0. The molecule has 1 heterocycles. The number of rotatable bonds is 1. The third-order valence-electron chi connectivity index (χ3n) is 4.48. The van der Waals surface area contributed by atoms with Crippen LogP contribution in [-0.4, -0.2) is 0 Å². The molecule has 0 amide bonds. The molecule has 0 aromatic heterocycles. The van der Waals surface area contributed by atoms with Crippen LogP contribution in [0.3, 0.4) is 0 Å². The van der Waals surface area contributed by atoms with Crippen molar-refractivity contribution in [3.63, 3.8) is 0 Å². The van der Waals surface area contributed by atoms with Gasteiger partial charge in [0.25, 0.3) is 0 Å². The van der Waals surface area contributed by atoms with Gasteiger partial charge < -0.3 is 0 Å². The second kappa shape index (κ2) is 12.1. The molecule has 5 fully saturated rings. The summed E-state index contributed by atoms with van der Waals surface area (Å²) in [7, 11) is -0.298. The average Bonchev–Trinajstić information content (AvgIpc) is 3.54. The predicted octanol–water partition coefficient (Wildman–Crippen LogP) is 5.31. The Kier molecular flexibility index (Phi) is 9.90. The number of fused-ring (bicyclic) bond motifs is 3. The molecule has 0 bridgehead atoms. The fourth-order valence-electron chi connectivity index (χ4n) is 3.29. The van der Waals surface area contributed by atoms with Crippen LogP contribution in [0.5, 0.6) is 0 Å². The molecule has 0 N–H and O–H groups in total. The van der Waals surface area contributed by atoms with E-state index in [0.29, 0.717) is 0 Å². The summed E-state index contributed by atoms with van der Waals surface area (Å²) in [5.41, 5.74) is 3.05. The molecule has 4 saturated carbocycles. The van der Waals surface area contributed by atoms with E-state index in [1.807, 2.05) is 64.2 Å². The molecule has 28 heavy (non-hydrogen) atoms. The average molecular weight is 420 g/mol. The van der Waals surface area contributed by atoms with E-state index in [9.17, 15) is 0 Å². The van der Waals surface area contributed by atoms with E-state index in [4.69, 9.17) is 0 Å². The molecule has 2 heteroatoms. The first-order chi connectivity index (χ1) is 13.4. The maximum atomic E-state index is 2.29. The molecule has 1 aromatic carbocycles. The predicted molar refractivity (Wildman–Crippen MR) is 115 cm³/mol. The Hall–Kier alpha value is 0.169. The summed E-state index contributed by atoms with van der Waals surface area (Å²) < 4.78 is 0. The first-order valence-electron chi connectivity index (χ1n) is 9.15. The first-order valence-corrected chi connectivity index (χ1v) is 10.5. The molecule has 0 nitrogen and oxygen atoms in total. The van der Waals surface area contributed by atoms with E-state index in [-0.39, 0.29) is 25.0 Å². The van der Waals surface area contributed by atoms with E-state index in [0.717, 1.165) is 0 Å². The van der Waals surface area contributed by atoms with E-state index < -0.39 is 0 Å². The van der Waals surface area contributed by atoms with Gasteiger partial charge in [-0.15, -0.1) is 0 Å². The van der Waals surface area contributed by atoms with Crippen molar-refractivity contribution in [1.29, 1.82) is 0 Å². The van der Waals surface area contributed by atoms with E-state index in [2.05, 4.69) is 68.9 Å². The normalized spacial score (nSPS) is 25.4. The maximum Gasteiger partial charge on any atom is 2.00 e. The first kappa shape index (κ1) is 22.8. The van der Waals surface area contributed by atoms with Crippen LogP contribution < -0.4 is 5.30 Å². The van der Waals surface area contributed by atoms with Crippen molar-refractivity contribution in [1.82, 2.24) is 0 Å². The summed E-state index contributed by atoms with van der Waals surface area (Å²) in [6, 6.07) is 10.9. The van der Waals surface area contributed by atoms with Crippen molar-refractivity contribution < 1.29 is 17.1 Å². The van der Waals surface area contributed by atoms with Crippen molar-refractivity contribution in [2.24, 2.45) is 0 Å². The Morgan fingerprint density at radius 1 is 0.429 bits per heavy atom. The molecule has 6 rings (SSSR count). The SMILES string of the molecule is [CH]1[CH][CH][CH][CH]1.[CH]1[CH][CH][CH][CH]1.[CH]1[CH][C]2[C]3[CH][CH][CH][C]3P(c3ccccc3)[C]2[CH]1.[Fe+2]. The third kappa shape index (κ3) is 5.65. The fourth-order valence-corrected chi connectivity index (χ4v) is 5.92. The van der Waals surface area contributed by atoms with Crippen molar-refractivity contribution in [2.75, 3.05) is 0 Å². The minimum Gasteiger partial charge on any atom is -0.0622 e. The molecule has 20 radical (unpaired) electrons. The number of hydrogen-bond donors (Lipinski definition) is 0. The standard InChI is InChI=1S/C16H11P.2C5H5.Fe/c1-2-6-12(7-3-1)17-15-10-4-8-13(15)14-9-5-11-16(14)17;2*1-2-4-5-3-1;/h1-11H;2*1-5H;/q;;;+2. The van der Waals surface area contributed by atoms with Gasteiger partial charge in [-0.3, -0.25) is 0 Å². The van der Waals surface area contributed by atoms with E-state index >= 15 is 0 Å². The van der Waals surface area contributed by atoms with Crippen molar-refractivity contribution in [3.05, 3.63) is 156 Å². The second-order valence-electron chi connectivity index (χ2n) is 6.24. The summed E-state index contributed by atoms with van der Waals surface area (Å²) in [4.78, 5) is 0. The molecular formula is C26H21FeP+2. The summed E-state index contributed by atoms with van der Waals surface area (Å²) in [5, 5.41) is 1.46. The van der Waals surface area contributed by atoms with Gasteiger partial charge in [0.2, 0.25) is 0 Å². The fraction of sp³-hybridized carbons (Fsp3) is 0. The monoisotopic (exact) mass is 420 g/mol. The van der Waals surface area contributed by atoms with Gasteiger partial charge in [0.05, 0.1) is 0 Å². The quantitative estimate of drug-likeness (QED) is 0.427. The zero-order valence-corrected chi connectivity index (χ0v) is 17.4. The number of benzene rings is 1. The Morgan fingerprint density at radius 3 is 1.21 bits per heavy atom. The van der Waals surface area contributed by atoms with Gasteiger partial charge in [-0.1, -0.05) is 38.3 Å². The zero-order chi connectivity index (χ0) is 18.3. The van der Waals surface area contributed by atoms with Gasteiger partial charge in [0, 0.05) is 11.3 Å². The molecule has 0 spiro atoms.